The molecule has 3 aliphatic carbocycles. The van der Waals surface area contributed by atoms with Gasteiger partial charge in [0.05, 0.1) is 12.2 Å². The Morgan fingerprint density at radius 1 is 1.27 bits per heavy atom. The zero-order chi connectivity index (χ0) is 9.83. The van der Waals surface area contributed by atoms with Crippen molar-refractivity contribution in [2.75, 3.05) is 0 Å². The highest BCUT2D eigenvalue weighted by Crippen LogP contribution is 2.52. The maximum absolute atomic E-state index is 6.26. The van der Waals surface area contributed by atoms with Gasteiger partial charge in [-0.15, -0.1) is 0 Å². The van der Waals surface area contributed by atoms with Gasteiger partial charge in [0.2, 0.25) is 0 Å². The van der Waals surface area contributed by atoms with Gasteiger partial charge in [-0.2, -0.15) is 0 Å². The average Bonchev–Trinajstić information content (AvgIpc) is 2.87. The van der Waals surface area contributed by atoms with Crippen LogP contribution in [0.25, 0.3) is 0 Å². The molecule has 1 aliphatic heterocycles. The van der Waals surface area contributed by atoms with Crippen molar-refractivity contribution in [2.45, 2.75) is 37.9 Å². The van der Waals surface area contributed by atoms with E-state index in [-0.39, 0.29) is 0 Å². The SMILES string of the molecule is C1=CCC2OC3C(=CC2=C1)C1CCC3C1. The third-order valence-corrected chi connectivity index (χ3v) is 4.49. The first-order valence-electron chi connectivity index (χ1n) is 6.15. The monoisotopic (exact) mass is 200 g/mol. The van der Waals surface area contributed by atoms with Gasteiger partial charge in [-0.3, -0.25) is 0 Å². The van der Waals surface area contributed by atoms with Crippen molar-refractivity contribution in [3.8, 4) is 0 Å². The summed E-state index contributed by atoms with van der Waals surface area (Å²) >= 11 is 0. The summed E-state index contributed by atoms with van der Waals surface area (Å²) in [5.74, 6) is 1.70. The van der Waals surface area contributed by atoms with Gasteiger partial charge in [-0.05, 0) is 48.7 Å². The Bertz CT molecular complexity index is 388. The van der Waals surface area contributed by atoms with Gasteiger partial charge in [-0.25, -0.2) is 0 Å². The van der Waals surface area contributed by atoms with Crippen molar-refractivity contribution in [1.29, 1.82) is 0 Å². The van der Waals surface area contributed by atoms with E-state index in [1.165, 1.54) is 24.8 Å². The molecule has 0 spiro atoms. The lowest BCUT2D eigenvalue weighted by molar-refractivity contribution is -0.00255. The standard InChI is InChI=1S/C14H16O/c1-2-4-13-10(3-1)8-12-9-5-6-11(7-9)14(12)15-13/h1-3,8-9,11,13-14H,4-7H2. The lowest BCUT2D eigenvalue weighted by Crippen LogP contribution is -2.33. The molecular weight excluding hydrogens is 184 g/mol. The van der Waals surface area contributed by atoms with Crippen LogP contribution in [0.3, 0.4) is 0 Å². The maximum atomic E-state index is 6.26. The van der Waals surface area contributed by atoms with Gasteiger partial charge >= 0.3 is 0 Å². The Balaban J connectivity index is 1.77. The predicted octanol–water partition coefficient (Wildman–Crippen LogP) is 3.00. The second kappa shape index (κ2) is 2.85. The minimum atomic E-state index is 0.364. The number of rotatable bonds is 0. The molecule has 4 unspecified atom stereocenters. The van der Waals surface area contributed by atoms with Crippen LogP contribution < -0.4 is 0 Å². The predicted molar refractivity (Wildman–Crippen MR) is 59.4 cm³/mol. The van der Waals surface area contributed by atoms with E-state index in [9.17, 15) is 0 Å². The summed E-state index contributed by atoms with van der Waals surface area (Å²) in [4.78, 5) is 0. The molecule has 1 heteroatoms. The fraction of sp³-hybridized carbons (Fsp3) is 0.571. The lowest BCUT2D eigenvalue weighted by Gasteiger charge is -2.35. The summed E-state index contributed by atoms with van der Waals surface area (Å²) in [5.41, 5.74) is 3.03. The van der Waals surface area contributed by atoms with Crippen LogP contribution in [0.2, 0.25) is 0 Å². The zero-order valence-electron chi connectivity index (χ0n) is 8.86. The van der Waals surface area contributed by atoms with E-state index in [1.807, 2.05) is 0 Å². The van der Waals surface area contributed by atoms with Gasteiger partial charge in [0.25, 0.3) is 0 Å². The van der Waals surface area contributed by atoms with Gasteiger partial charge in [0.15, 0.2) is 0 Å². The quantitative estimate of drug-likeness (QED) is 0.584. The van der Waals surface area contributed by atoms with Crippen LogP contribution in [0, 0.1) is 11.8 Å². The summed E-state index contributed by atoms with van der Waals surface area (Å²) in [7, 11) is 0. The van der Waals surface area contributed by atoms with E-state index < -0.39 is 0 Å². The van der Waals surface area contributed by atoms with Crippen LogP contribution in [0.1, 0.15) is 25.7 Å². The van der Waals surface area contributed by atoms with Crippen LogP contribution in [-0.4, -0.2) is 12.2 Å². The summed E-state index contributed by atoms with van der Waals surface area (Å²) in [6.45, 7) is 0. The second-order valence-corrected chi connectivity index (χ2v) is 5.29. The van der Waals surface area contributed by atoms with Gasteiger partial charge in [0, 0.05) is 0 Å². The van der Waals surface area contributed by atoms with Crippen molar-refractivity contribution in [2.24, 2.45) is 11.8 Å². The molecule has 0 aromatic carbocycles. The minimum Gasteiger partial charge on any atom is -0.365 e. The molecule has 1 heterocycles. The van der Waals surface area contributed by atoms with Crippen molar-refractivity contribution < 1.29 is 4.74 Å². The van der Waals surface area contributed by atoms with Crippen molar-refractivity contribution >= 4 is 0 Å². The molecule has 1 nitrogen and oxygen atoms in total. The fourth-order valence-corrected chi connectivity index (χ4v) is 3.76. The molecule has 2 saturated carbocycles. The van der Waals surface area contributed by atoms with E-state index in [1.54, 1.807) is 5.57 Å². The van der Waals surface area contributed by atoms with Crippen LogP contribution in [0.4, 0.5) is 0 Å². The Hall–Kier alpha value is -0.820. The summed E-state index contributed by atoms with van der Waals surface area (Å²) in [6.07, 6.45) is 15.2. The first kappa shape index (κ1) is 8.35. The van der Waals surface area contributed by atoms with Crippen LogP contribution >= 0.6 is 0 Å². The molecule has 4 aliphatic rings. The minimum absolute atomic E-state index is 0.364. The smallest absolute Gasteiger partial charge is 0.0867 e. The first-order chi connectivity index (χ1) is 7.42. The number of fused-ring (bicyclic) bond motifs is 6. The molecule has 78 valence electrons. The highest BCUT2D eigenvalue weighted by Gasteiger charge is 2.47. The van der Waals surface area contributed by atoms with Crippen LogP contribution in [0.5, 0.6) is 0 Å². The Morgan fingerprint density at radius 2 is 2.27 bits per heavy atom. The molecule has 0 amide bonds. The molecule has 0 aromatic heterocycles. The fourth-order valence-electron chi connectivity index (χ4n) is 3.76. The third kappa shape index (κ3) is 1.07. The molecule has 4 atom stereocenters. The third-order valence-electron chi connectivity index (χ3n) is 4.49. The van der Waals surface area contributed by atoms with Crippen LogP contribution in [-0.2, 0) is 4.74 Å². The lowest BCUT2D eigenvalue weighted by atomic mass is 9.85. The molecule has 0 radical (unpaired) electrons. The van der Waals surface area contributed by atoms with E-state index in [0.29, 0.717) is 12.2 Å². The maximum Gasteiger partial charge on any atom is 0.0867 e. The highest BCUT2D eigenvalue weighted by molar-refractivity contribution is 5.41. The highest BCUT2D eigenvalue weighted by atomic mass is 16.5. The molecule has 2 bridgehead atoms. The van der Waals surface area contributed by atoms with E-state index in [4.69, 9.17) is 4.74 Å². The summed E-state index contributed by atoms with van der Waals surface area (Å²) in [6, 6.07) is 0. The Kier molecular flexibility index (Phi) is 1.59. The molecule has 4 rings (SSSR count). The molecule has 0 saturated heterocycles. The Labute approximate surface area is 90.5 Å². The van der Waals surface area contributed by atoms with Crippen molar-refractivity contribution in [3.63, 3.8) is 0 Å². The Morgan fingerprint density at radius 3 is 3.27 bits per heavy atom. The first-order valence-corrected chi connectivity index (χ1v) is 6.15. The molecule has 2 fully saturated rings. The van der Waals surface area contributed by atoms with Gasteiger partial charge < -0.3 is 4.74 Å². The number of ether oxygens (including phenoxy) is 1. The van der Waals surface area contributed by atoms with Crippen LogP contribution in [0.15, 0.2) is 35.5 Å². The normalized spacial score (nSPS) is 45.9. The number of hydrogen-bond donors (Lipinski definition) is 0. The summed E-state index contributed by atoms with van der Waals surface area (Å²) < 4.78 is 6.26. The van der Waals surface area contributed by atoms with Crippen molar-refractivity contribution in [1.82, 2.24) is 0 Å². The van der Waals surface area contributed by atoms with E-state index in [0.717, 1.165) is 18.3 Å². The topological polar surface area (TPSA) is 9.23 Å². The van der Waals surface area contributed by atoms with Crippen molar-refractivity contribution in [3.05, 3.63) is 35.5 Å². The zero-order valence-corrected chi connectivity index (χ0v) is 8.86. The molecule has 0 aromatic rings. The van der Waals surface area contributed by atoms with Gasteiger partial charge in [0.1, 0.15) is 0 Å². The van der Waals surface area contributed by atoms with E-state index in [2.05, 4.69) is 24.3 Å². The molecule has 15 heavy (non-hydrogen) atoms. The number of hydrogen-bond acceptors (Lipinski definition) is 1. The largest absolute Gasteiger partial charge is 0.365 e. The summed E-state index contributed by atoms with van der Waals surface area (Å²) in [5, 5.41) is 0. The molecule has 0 N–H and O–H groups in total. The van der Waals surface area contributed by atoms with E-state index >= 15 is 0 Å². The second-order valence-electron chi connectivity index (χ2n) is 5.29. The average molecular weight is 200 g/mol. The molecular formula is C14H16O. The van der Waals surface area contributed by atoms with Gasteiger partial charge in [-0.1, -0.05) is 24.3 Å². The number of allylic oxidation sites excluding steroid dienone is 2.